The van der Waals surface area contributed by atoms with Crippen LogP contribution in [-0.2, 0) is 0 Å². The lowest BCUT2D eigenvalue weighted by atomic mass is 10.4. The Morgan fingerprint density at radius 2 is 2.00 bits per heavy atom. The second-order valence-electron chi connectivity index (χ2n) is 2.88. The third kappa shape index (κ3) is 3.57. The molecule has 3 nitrogen and oxygen atoms in total. The summed E-state index contributed by atoms with van der Waals surface area (Å²) < 4.78 is 1.05. The van der Waals surface area contributed by atoms with E-state index in [4.69, 9.17) is 11.6 Å². The minimum atomic E-state index is 0.606. The maximum Gasteiger partial charge on any atom is 0.225 e. The molecule has 78 valence electrons. The van der Waals surface area contributed by atoms with Gasteiger partial charge in [0.1, 0.15) is 0 Å². The predicted octanol–water partition coefficient (Wildman–Crippen LogP) is 2.54. The van der Waals surface area contributed by atoms with Gasteiger partial charge in [-0.2, -0.15) is 0 Å². The molecule has 0 amide bonds. The lowest BCUT2D eigenvalue weighted by molar-refractivity contribution is 0.763. The molecule has 0 spiro atoms. The first-order valence-electron chi connectivity index (χ1n) is 4.56. The molecule has 1 aromatic rings. The summed E-state index contributed by atoms with van der Waals surface area (Å²) in [4.78, 5) is 10.6. The second-order valence-corrected chi connectivity index (χ2v) is 4.50. The van der Waals surface area contributed by atoms with Crippen LogP contribution in [0.5, 0.6) is 0 Å². The van der Waals surface area contributed by atoms with E-state index in [0.717, 1.165) is 29.0 Å². The zero-order chi connectivity index (χ0) is 10.4. The van der Waals surface area contributed by atoms with Crippen LogP contribution in [0.25, 0.3) is 0 Å². The SMILES string of the molecule is CCCN(CCCl)c1ncc(I)cn1. The summed E-state index contributed by atoms with van der Waals surface area (Å²) in [5.74, 6) is 1.38. The van der Waals surface area contributed by atoms with Crippen molar-refractivity contribution in [3.63, 3.8) is 0 Å². The molecule has 0 saturated carbocycles. The van der Waals surface area contributed by atoms with Gasteiger partial charge in [0.25, 0.3) is 0 Å². The lowest BCUT2D eigenvalue weighted by Gasteiger charge is -2.20. The largest absolute Gasteiger partial charge is 0.340 e. The maximum absolute atomic E-state index is 5.71. The van der Waals surface area contributed by atoms with Crippen LogP contribution < -0.4 is 4.90 Å². The van der Waals surface area contributed by atoms with Crippen LogP contribution >= 0.6 is 34.2 Å². The Balaban J connectivity index is 2.71. The second kappa shape index (κ2) is 6.40. The summed E-state index contributed by atoms with van der Waals surface area (Å²) >= 11 is 7.91. The van der Waals surface area contributed by atoms with E-state index in [0.29, 0.717) is 5.88 Å². The van der Waals surface area contributed by atoms with E-state index < -0.39 is 0 Å². The molecule has 0 aliphatic rings. The molecule has 0 unspecified atom stereocenters. The first-order valence-corrected chi connectivity index (χ1v) is 6.17. The summed E-state index contributed by atoms with van der Waals surface area (Å²) in [6.45, 7) is 3.89. The van der Waals surface area contributed by atoms with Crippen molar-refractivity contribution in [3.8, 4) is 0 Å². The summed E-state index contributed by atoms with van der Waals surface area (Å²) in [5, 5.41) is 0. The third-order valence-electron chi connectivity index (χ3n) is 1.74. The van der Waals surface area contributed by atoms with E-state index in [1.165, 1.54) is 0 Å². The van der Waals surface area contributed by atoms with Gasteiger partial charge in [0.2, 0.25) is 5.95 Å². The molecule has 0 fully saturated rings. The monoisotopic (exact) mass is 325 g/mol. The van der Waals surface area contributed by atoms with Crippen LogP contribution in [0.1, 0.15) is 13.3 Å². The molecule has 14 heavy (non-hydrogen) atoms. The van der Waals surface area contributed by atoms with Gasteiger partial charge in [-0.15, -0.1) is 11.6 Å². The molecular formula is C9H13ClIN3. The standard InChI is InChI=1S/C9H13ClIN3/c1-2-4-14(5-3-10)9-12-6-8(11)7-13-9/h6-7H,2-5H2,1H3. The molecule has 1 rings (SSSR count). The van der Waals surface area contributed by atoms with Gasteiger partial charge in [-0.3, -0.25) is 0 Å². The van der Waals surface area contributed by atoms with E-state index in [-0.39, 0.29) is 0 Å². The normalized spacial score (nSPS) is 10.2. The van der Waals surface area contributed by atoms with Gasteiger partial charge in [-0.25, -0.2) is 9.97 Å². The molecular weight excluding hydrogens is 312 g/mol. The van der Waals surface area contributed by atoms with Crippen molar-refractivity contribution in [1.82, 2.24) is 9.97 Å². The van der Waals surface area contributed by atoms with Gasteiger partial charge >= 0.3 is 0 Å². The highest BCUT2D eigenvalue weighted by Gasteiger charge is 2.06. The van der Waals surface area contributed by atoms with Crippen LogP contribution in [-0.4, -0.2) is 28.9 Å². The Hall–Kier alpha value is -0.100. The number of nitrogens with zero attached hydrogens (tertiary/aromatic N) is 3. The van der Waals surface area contributed by atoms with Crippen molar-refractivity contribution < 1.29 is 0 Å². The Bertz CT molecular complexity index is 259. The third-order valence-corrected chi connectivity index (χ3v) is 2.46. The molecule has 0 bridgehead atoms. The predicted molar refractivity (Wildman–Crippen MR) is 68.0 cm³/mol. The minimum absolute atomic E-state index is 0.606. The lowest BCUT2D eigenvalue weighted by Crippen LogP contribution is -2.28. The first kappa shape index (κ1) is 12.0. The number of rotatable bonds is 5. The Labute approximate surface area is 103 Å². The smallest absolute Gasteiger partial charge is 0.225 e. The Morgan fingerprint density at radius 1 is 1.36 bits per heavy atom. The fourth-order valence-corrected chi connectivity index (χ4v) is 1.64. The molecule has 5 heteroatoms. The molecule has 0 N–H and O–H groups in total. The topological polar surface area (TPSA) is 29.0 Å². The Kier molecular flexibility index (Phi) is 5.47. The molecule has 1 heterocycles. The fraction of sp³-hybridized carbons (Fsp3) is 0.556. The number of hydrogen-bond acceptors (Lipinski definition) is 3. The highest BCUT2D eigenvalue weighted by molar-refractivity contribution is 14.1. The van der Waals surface area contributed by atoms with E-state index >= 15 is 0 Å². The summed E-state index contributed by atoms with van der Waals surface area (Å²) in [6, 6.07) is 0. The number of halogens is 2. The van der Waals surface area contributed by atoms with E-state index in [2.05, 4.69) is 44.4 Å². The number of alkyl halides is 1. The van der Waals surface area contributed by atoms with E-state index in [9.17, 15) is 0 Å². The van der Waals surface area contributed by atoms with Gasteiger partial charge in [-0.05, 0) is 29.0 Å². The van der Waals surface area contributed by atoms with E-state index in [1.807, 2.05) is 12.4 Å². The van der Waals surface area contributed by atoms with Crippen molar-refractivity contribution in [3.05, 3.63) is 16.0 Å². The fourth-order valence-electron chi connectivity index (χ4n) is 1.15. The van der Waals surface area contributed by atoms with Crippen molar-refractivity contribution in [2.75, 3.05) is 23.9 Å². The number of hydrogen-bond donors (Lipinski definition) is 0. The molecule has 0 radical (unpaired) electrons. The molecule has 0 aliphatic carbocycles. The average Bonchev–Trinajstić information content (AvgIpc) is 2.19. The number of aromatic nitrogens is 2. The van der Waals surface area contributed by atoms with Crippen LogP contribution in [0.4, 0.5) is 5.95 Å². The molecule has 0 saturated heterocycles. The van der Waals surface area contributed by atoms with Crippen molar-refractivity contribution in [2.24, 2.45) is 0 Å². The minimum Gasteiger partial charge on any atom is -0.340 e. The van der Waals surface area contributed by atoms with Crippen LogP contribution in [0.3, 0.4) is 0 Å². The van der Waals surface area contributed by atoms with Crippen LogP contribution in [0.2, 0.25) is 0 Å². The van der Waals surface area contributed by atoms with Crippen LogP contribution in [0, 0.1) is 3.57 Å². The van der Waals surface area contributed by atoms with Gasteiger partial charge in [-0.1, -0.05) is 6.92 Å². The van der Waals surface area contributed by atoms with E-state index in [1.54, 1.807) is 0 Å². The average molecular weight is 326 g/mol. The van der Waals surface area contributed by atoms with Gasteiger partial charge in [0, 0.05) is 34.9 Å². The molecule has 0 aliphatic heterocycles. The van der Waals surface area contributed by atoms with Gasteiger partial charge < -0.3 is 4.90 Å². The first-order chi connectivity index (χ1) is 6.77. The number of anilines is 1. The Morgan fingerprint density at radius 3 is 2.50 bits per heavy atom. The van der Waals surface area contributed by atoms with Crippen LogP contribution in [0.15, 0.2) is 12.4 Å². The van der Waals surface area contributed by atoms with Crippen molar-refractivity contribution >= 4 is 40.1 Å². The quantitative estimate of drug-likeness (QED) is 0.615. The van der Waals surface area contributed by atoms with Gasteiger partial charge in [0.05, 0.1) is 0 Å². The zero-order valence-electron chi connectivity index (χ0n) is 8.08. The highest BCUT2D eigenvalue weighted by Crippen LogP contribution is 2.08. The van der Waals surface area contributed by atoms with Crippen molar-refractivity contribution in [1.29, 1.82) is 0 Å². The molecule has 0 aromatic carbocycles. The molecule has 1 aromatic heterocycles. The summed E-state index contributed by atoms with van der Waals surface area (Å²) in [5.41, 5.74) is 0. The highest BCUT2D eigenvalue weighted by atomic mass is 127. The molecule has 0 atom stereocenters. The van der Waals surface area contributed by atoms with Crippen molar-refractivity contribution in [2.45, 2.75) is 13.3 Å². The van der Waals surface area contributed by atoms with Gasteiger partial charge in [0.15, 0.2) is 0 Å². The summed E-state index contributed by atoms with van der Waals surface area (Å²) in [6.07, 6.45) is 4.71. The zero-order valence-corrected chi connectivity index (χ0v) is 11.0. The summed E-state index contributed by atoms with van der Waals surface area (Å²) in [7, 11) is 0. The maximum atomic E-state index is 5.71.